The summed E-state index contributed by atoms with van der Waals surface area (Å²) >= 11 is 0. The van der Waals surface area contributed by atoms with Gasteiger partial charge in [0.15, 0.2) is 5.75 Å². The van der Waals surface area contributed by atoms with E-state index < -0.39 is 0 Å². The van der Waals surface area contributed by atoms with Crippen LogP contribution in [0.1, 0.15) is 6.92 Å². The largest absolute Gasteiger partial charge is 0.505 e. The zero-order valence-corrected chi connectivity index (χ0v) is 6.94. The van der Waals surface area contributed by atoms with Crippen molar-refractivity contribution < 1.29 is 5.11 Å². The van der Waals surface area contributed by atoms with E-state index in [0.717, 1.165) is 19.0 Å². The molecule has 1 aliphatic rings. The van der Waals surface area contributed by atoms with Crippen LogP contribution in [0.25, 0.3) is 0 Å². The Hall–Kier alpha value is -1.32. The first-order chi connectivity index (χ1) is 5.75. The zero-order valence-electron chi connectivity index (χ0n) is 6.94. The molecule has 0 aromatic carbocycles. The average Bonchev–Trinajstić information content (AvgIpc) is 2.01. The molecule has 1 fully saturated rings. The van der Waals surface area contributed by atoms with Crippen LogP contribution >= 0.6 is 0 Å². The third-order valence-corrected chi connectivity index (χ3v) is 1.97. The van der Waals surface area contributed by atoms with Crippen molar-refractivity contribution >= 4 is 5.95 Å². The molecular formula is C8H11N3O. The smallest absolute Gasteiger partial charge is 0.225 e. The number of hydrogen-bond acceptors (Lipinski definition) is 4. The van der Waals surface area contributed by atoms with Crippen LogP contribution in [-0.2, 0) is 0 Å². The van der Waals surface area contributed by atoms with Crippen molar-refractivity contribution in [3.63, 3.8) is 0 Å². The summed E-state index contributed by atoms with van der Waals surface area (Å²) in [6, 6.07) is 0. The second kappa shape index (κ2) is 2.62. The highest BCUT2D eigenvalue weighted by molar-refractivity contribution is 5.34. The molecule has 2 rings (SSSR count). The topological polar surface area (TPSA) is 49.2 Å². The molecule has 0 atom stereocenters. The van der Waals surface area contributed by atoms with Gasteiger partial charge in [-0.1, -0.05) is 6.92 Å². The van der Waals surface area contributed by atoms with E-state index in [1.165, 1.54) is 12.4 Å². The number of aromatic nitrogens is 2. The Kier molecular flexibility index (Phi) is 1.60. The maximum Gasteiger partial charge on any atom is 0.225 e. The van der Waals surface area contributed by atoms with E-state index in [4.69, 9.17) is 5.11 Å². The number of aromatic hydroxyl groups is 1. The lowest BCUT2D eigenvalue weighted by molar-refractivity contribution is 0.435. The summed E-state index contributed by atoms with van der Waals surface area (Å²) in [6.07, 6.45) is 2.84. The van der Waals surface area contributed by atoms with Crippen molar-refractivity contribution in [1.82, 2.24) is 9.97 Å². The lowest BCUT2D eigenvalue weighted by Crippen LogP contribution is -2.46. The third-order valence-electron chi connectivity index (χ3n) is 1.97. The Morgan fingerprint density at radius 2 is 2.00 bits per heavy atom. The Balaban J connectivity index is 2.09. The zero-order chi connectivity index (χ0) is 8.55. The van der Waals surface area contributed by atoms with Crippen LogP contribution in [0.4, 0.5) is 5.95 Å². The van der Waals surface area contributed by atoms with Crippen LogP contribution in [0, 0.1) is 5.92 Å². The van der Waals surface area contributed by atoms with E-state index in [9.17, 15) is 0 Å². The first kappa shape index (κ1) is 7.34. The molecular weight excluding hydrogens is 154 g/mol. The molecule has 0 amide bonds. The molecule has 2 heterocycles. The summed E-state index contributed by atoms with van der Waals surface area (Å²) in [5, 5.41) is 8.94. The third kappa shape index (κ3) is 1.20. The Morgan fingerprint density at radius 1 is 1.42 bits per heavy atom. The van der Waals surface area contributed by atoms with Gasteiger partial charge in [-0.15, -0.1) is 0 Å². The second-order valence-corrected chi connectivity index (χ2v) is 3.25. The number of anilines is 1. The molecule has 12 heavy (non-hydrogen) atoms. The Labute approximate surface area is 70.9 Å². The van der Waals surface area contributed by atoms with Gasteiger partial charge >= 0.3 is 0 Å². The minimum Gasteiger partial charge on any atom is -0.505 e. The quantitative estimate of drug-likeness (QED) is 0.663. The van der Waals surface area contributed by atoms with Gasteiger partial charge in [-0.2, -0.15) is 0 Å². The molecule has 0 bridgehead atoms. The number of rotatable bonds is 1. The van der Waals surface area contributed by atoms with Gasteiger partial charge < -0.3 is 10.0 Å². The summed E-state index contributed by atoms with van der Waals surface area (Å²) in [5.41, 5.74) is 0. The highest BCUT2D eigenvalue weighted by Gasteiger charge is 2.24. The summed E-state index contributed by atoms with van der Waals surface area (Å²) in [5.74, 6) is 1.57. The van der Waals surface area contributed by atoms with Gasteiger partial charge in [0, 0.05) is 13.1 Å². The van der Waals surface area contributed by atoms with Crippen LogP contribution < -0.4 is 4.90 Å². The van der Waals surface area contributed by atoms with Crippen LogP contribution in [0.15, 0.2) is 12.4 Å². The van der Waals surface area contributed by atoms with E-state index in [0.29, 0.717) is 5.95 Å². The van der Waals surface area contributed by atoms with Gasteiger partial charge in [-0.05, 0) is 5.92 Å². The second-order valence-electron chi connectivity index (χ2n) is 3.25. The van der Waals surface area contributed by atoms with E-state index in [-0.39, 0.29) is 5.75 Å². The summed E-state index contributed by atoms with van der Waals surface area (Å²) in [6.45, 7) is 4.23. The summed E-state index contributed by atoms with van der Waals surface area (Å²) < 4.78 is 0. The molecule has 4 heteroatoms. The fraction of sp³-hybridized carbons (Fsp3) is 0.500. The van der Waals surface area contributed by atoms with Crippen LogP contribution in [-0.4, -0.2) is 28.2 Å². The van der Waals surface area contributed by atoms with Crippen LogP contribution in [0.5, 0.6) is 5.75 Å². The van der Waals surface area contributed by atoms with Crippen molar-refractivity contribution in [3.05, 3.63) is 12.4 Å². The number of hydrogen-bond donors (Lipinski definition) is 1. The summed E-state index contributed by atoms with van der Waals surface area (Å²) in [7, 11) is 0. The average molecular weight is 165 g/mol. The van der Waals surface area contributed by atoms with Gasteiger partial charge in [0.25, 0.3) is 0 Å². The standard InChI is InChI=1S/C8H11N3O/c1-6-4-11(5-6)8-9-2-7(12)3-10-8/h2-3,6,12H,4-5H2,1H3. The molecule has 0 unspecified atom stereocenters. The molecule has 0 aliphatic carbocycles. The molecule has 1 N–H and O–H groups in total. The fourth-order valence-corrected chi connectivity index (χ4v) is 1.34. The summed E-state index contributed by atoms with van der Waals surface area (Å²) in [4.78, 5) is 10.1. The SMILES string of the molecule is CC1CN(c2ncc(O)cn2)C1. The molecule has 0 radical (unpaired) electrons. The molecule has 1 aliphatic heterocycles. The van der Waals surface area contributed by atoms with Crippen molar-refractivity contribution in [2.24, 2.45) is 5.92 Å². The molecule has 1 aromatic rings. The van der Waals surface area contributed by atoms with Gasteiger partial charge in [-0.3, -0.25) is 0 Å². The van der Waals surface area contributed by atoms with E-state index in [2.05, 4.69) is 21.8 Å². The van der Waals surface area contributed by atoms with Gasteiger partial charge in [-0.25, -0.2) is 9.97 Å². The van der Waals surface area contributed by atoms with Gasteiger partial charge in [0.05, 0.1) is 12.4 Å². The molecule has 0 spiro atoms. The maximum atomic E-state index is 8.94. The molecule has 64 valence electrons. The molecule has 1 aromatic heterocycles. The van der Waals surface area contributed by atoms with E-state index in [1.54, 1.807) is 0 Å². The van der Waals surface area contributed by atoms with Gasteiger partial charge in [0.1, 0.15) is 0 Å². The van der Waals surface area contributed by atoms with Crippen molar-refractivity contribution in [3.8, 4) is 5.75 Å². The lowest BCUT2D eigenvalue weighted by atomic mass is 10.0. The molecule has 0 saturated carbocycles. The predicted molar refractivity (Wildman–Crippen MR) is 45.1 cm³/mol. The highest BCUT2D eigenvalue weighted by atomic mass is 16.3. The monoisotopic (exact) mass is 165 g/mol. The molecule has 1 saturated heterocycles. The van der Waals surface area contributed by atoms with E-state index >= 15 is 0 Å². The first-order valence-corrected chi connectivity index (χ1v) is 4.01. The van der Waals surface area contributed by atoms with Gasteiger partial charge in [0.2, 0.25) is 5.95 Å². The predicted octanol–water partition coefficient (Wildman–Crippen LogP) is 0.638. The first-order valence-electron chi connectivity index (χ1n) is 4.01. The van der Waals surface area contributed by atoms with E-state index in [1.807, 2.05) is 0 Å². The Bertz CT molecular complexity index is 266. The fourth-order valence-electron chi connectivity index (χ4n) is 1.34. The lowest BCUT2D eigenvalue weighted by Gasteiger charge is -2.36. The highest BCUT2D eigenvalue weighted by Crippen LogP contribution is 2.20. The normalized spacial score (nSPS) is 17.6. The molecule has 4 nitrogen and oxygen atoms in total. The van der Waals surface area contributed by atoms with Crippen LogP contribution in [0.3, 0.4) is 0 Å². The number of nitrogens with zero attached hydrogens (tertiary/aromatic N) is 3. The minimum atomic E-state index is 0.118. The Morgan fingerprint density at radius 3 is 2.50 bits per heavy atom. The van der Waals surface area contributed by atoms with Crippen molar-refractivity contribution in [2.45, 2.75) is 6.92 Å². The van der Waals surface area contributed by atoms with Crippen molar-refractivity contribution in [1.29, 1.82) is 0 Å². The van der Waals surface area contributed by atoms with Crippen molar-refractivity contribution in [2.75, 3.05) is 18.0 Å². The minimum absolute atomic E-state index is 0.118. The maximum absolute atomic E-state index is 8.94. The van der Waals surface area contributed by atoms with Crippen LogP contribution in [0.2, 0.25) is 0 Å².